The van der Waals surface area contributed by atoms with Crippen molar-refractivity contribution in [2.24, 2.45) is 0 Å². The minimum Gasteiger partial charge on any atom is -0.508 e. The molecule has 3 aromatic carbocycles. The van der Waals surface area contributed by atoms with Crippen LogP contribution in [0.25, 0.3) is 22.2 Å². The second kappa shape index (κ2) is 8.82. The number of aromatic nitrogens is 1. The highest BCUT2D eigenvalue weighted by Gasteiger charge is 2.24. The van der Waals surface area contributed by atoms with Crippen LogP contribution < -0.4 is 9.64 Å². The smallest absolute Gasteiger partial charge is 0.254 e. The normalized spacial score (nSPS) is 13.8. The van der Waals surface area contributed by atoms with Crippen molar-refractivity contribution >= 4 is 22.5 Å². The van der Waals surface area contributed by atoms with Gasteiger partial charge in [0, 0.05) is 42.8 Å². The Morgan fingerprint density at radius 1 is 0.909 bits per heavy atom. The minimum atomic E-state index is 0.0220. The van der Waals surface area contributed by atoms with E-state index in [-0.39, 0.29) is 11.7 Å². The molecule has 0 radical (unpaired) electrons. The minimum absolute atomic E-state index is 0.0220. The number of aromatic hydroxyl groups is 1. The predicted octanol–water partition coefficient (Wildman–Crippen LogP) is 4.58. The first-order valence-corrected chi connectivity index (χ1v) is 11.0. The van der Waals surface area contributed by atoms with Crippen LogP contribution in [0, 0.1) is 0 Å². The number of carbonyl (C=O) groups is 1. The molecule has 0 spiro atoms. The number of para-hydroxylation sites is 1. The summed E-state index contributed by atoms with van der Waals surface area (Å²) in [5.74, 6) is 1.06. The third kappa shape index (κ3) is 4.20. The van der Waals surface area contributed by atoms with E-state index in [4.69, 9.17) is 9.72 Å². The van der Waals surface area contributed by atoms with Gasteiger partial charge in [0.2, 0.25) is 0 Å². The Bertz CT molecular complexity index is 1280. The zero-order valence-corrected chi connectivity index (χ0v) is 18.4. The van der Waals surface area contributed by atoms with E-state index in [1.807, 2.05) is 71.6 Å². The third-order valence-electron chi connectivity index (χ3n) is 6.11. The molecule has 1 aliphatic heterocycles. The zero-order chi connectivity index (χ0) is 22.8. The summed E-state index contributed by atoms with van der Waals surface area (Å²) in [6, 6.07) is 24.6. The first kappa shape index (κ1) is 20.8. The lowest BCUT2D eigenvalue weighted by Crippen LogP contribution is -2.48. The van der Waals surface area contributed by atoms with E-state index < -0.39 is 0 Å². The van der Waals surface area contributed by atoms with Crippen molar-refractivity contribution in [3.05, 3.63) is 84.4 Å². The zero-order valence-electron chi connectivity index (χ0n) is 18.4. The van der Waals surface area contributed by atoms with Crippen LogP contribution in [0.4, 0.5) is 5.69 Å². The van der Waals surface area contributed by atoms with Crippen molar-refractivity contribution in [1.82, 2.24) is 9.88 Å². The van der Waals surface area contributed by atoms with Gasteiger partial charge in [-0.1, -0.05) is 18.2 Å². The van der Waals surface area contributed by atoms with Crippen molar-refractivity contribution in [3.63, 3.8) is 0 Å². The molecule has 1 aliphatic rings. The average Bonchev–Trinajstić information content (AvgIpc) is 2.88. The van der Waals surface area contributed by atoms with Crippen molar-refractivity contribution in [2.45, 2.75) is 0 Å². The molecule has 2 heterocycles. The molecule has 0 unspecified atom stereocenters. The van der Waals surface area contributed by atoms with Crippen LogP contribution in [-0.4, -0.2) is 54.2 Å². The van der Waals surface area contributed by atoms with Gasteiger partial charge in [-0.2, -0.15) is 0 Å². The molecule has 1 amide bonds. The van der Waals surface area contributed by atoms with Crippen molar-refractivity contribution in [3.8, 4) is 22.8 Å². The fraction of sp³-hybridized carbons (Fsp3) is 0.185. The number of rotatable bonds is 4. The maximum absolute atomic E-state index is 13.6. The molecule has 0 saturated carbocycles. The Balaban J connectivity index is 1.42. The summed E-state index contributed by atoms with van der Waals surface area (Å²) in [4.78, 5) is 22.6. The number of hydrogen-bond donors (Lipinski definition) is 1. The van der Waals surface area contributed by atoms with Gasteiger partial charge in [-0.3, -0.25) is 4.79 Å². The highest BCUT2D eigenvalue weighted by atomic mass is 16.5. The molecule has 33 heavy (non-hydrogen) atoms. The summed E-state index contributed by atoms with van der Waals surface area (Å²) in [5.41, 5.74) is 4.23. The highest BCUT2D eigenvalue weighted by Crippen LogP contribution is 2.28. The van der Waals surface area contributed by atoms with Crippen LogP contribution >= 0.6 is 0 Å². The lowest BCUT2D eigenvalue weighted by atomic mass is 10.0. The molecule has 0 atom stereocenters. The first-order valence-electron chi connectivity index (χ1n) is 11.0. The SMILES string of the molecule is COc1ccc(-c2cc(C(=O)N3CCN(c4ccc(O)cc4)CC3)c3ccccc3n2)cc1. The predicted molar refractivity (Wildman–Crippen MR) is 130 cm³/mol. The van der Waals surface area contributed by atoms with E-state index in [0.29, 0.717) is 18.7 Å². The summed E-state index contributed by atoms with van der Waals surface area (Å²) < 4.78 is 5.27. The summed E-state index contributed by atoms with van der Waals surface area (Å²) in [5, 5.41) is 10.4. The number of ether oxygens (including phenoxy) is 1. The van der Waals surface area contributed by atoms with E-state index in [1.165, 1.54) is 0 Å². The van der Waals surface area contributed by atoms with E-state index >= 15 is 0 Å². The van der Waals surface area contributed by atoms with E-state index in [2.05, 4.69) is 4.90 Å². The Labute approximate surface area is 192 Å². The largest absolute Gasteiger partial charge is 0.508 e. The van der Waals surface area contributed by atoms with Crippen LogP contribution in [0.5, 0.6) is 11.5 Å². The summed E-state index contributed by atoms with van der Waals surface area (Å²) in [7, 11) is 1.64. The fourth-order valence-corrected chi connectivity index (χ4v) is 4.26. The van der Waals surface area contributed by atoms with Gasteiger partial charge in [-0.15, -0.1) is 0 Å². The van der Waals surface area contributed by atoms with Crippen LogP contribution in [0.15, 0.2) is 78.9 Å². The standard InChI is InChI=1S/C27H25N3O3/c1-33-22-12-6-19(7-13-22)26-18-24(23-4-2-3-5-25(23)28-26)27(32)30-16-14-29(15-17-30)20-8-10-21(31)11-9-20/h2-13,18,31H,14-17H2,1H3. The van der Waals surface area contributed by atoms with Gasteiger partial charge >= 0.3 is 0 Å². The van der Waals surface area contributed by atoms with E-state index in [9.17, 15) is 9.90 Å². The summed E-state index contributed by atoms with van der Waals surface area (Å²) in [6.07, 6.45) is 0. The number of hydrogen-bond acceptors (Lipinski definition) is 5. The number of benzene rings is 3. The molecule has 166 valence electrons. The summed E-state index contributed by atoms with van der Waals surface area (Å²) >= 11 is 0. The molecule has 1 aromatic heterocycles. The van der Waals surface area contributed by atoms with Crippen molar-refractivity contribution in [2.75, 3.05) is 38.2 Å². The summed E-state index contributed by atoms with van der Waals surface area (Å²) in [6.45, 7) is 2.75. The number of piperazine rings is 1. The number of methoxy groups -OCH3 is 1. The maximum atomic E-state index is 13.6. The number of phenolic OH excluding ortho intramolecular Hbond substituents is 1. The third-order valence-corrected chi connectivity index (χ3v) is 6.11. The van der Waals surface area contributed by atoms with Gasteiger partial charge in [-0.05, 0) is 60.7 Å². The maximum Gasteiger partial charge on any atom is 0.254 e. The Kier molecular flexibility index (Phi) is 5.57. The molecule has 6 heteroatoms. The van der Waals surface area contributed by atoms with E-state index in [1.54, 1.807) is 19.2 Å². The molecular weight excluding hydrogens is 414 g/mol. The molecule has 6 nitrogen and oxygen atoms in total. The molecular formula is C27H25N3O3. The van der Waals surface area contributed by atoms with Crippen molar-refractivity contribution in [1.29, 1.82) is 0 Å². The van der Waals surface area contributed by atoms with Crippen LogP contribution in [0.3, 0.4) is 0 Å². The Morgan fingerprint density at radius 3 is 2.30 bits per heavy atom. The van der Waals surface area contributed by atoms with Gasteiger partial charge < -0.3 is 19.6 Å². The van der Waals surface area contributed by atoms with Crippen LogP contribution in [0.2, 0.25) is 0 Å². The number of carbonyl (C=O) groups excluding carboxylic acids is 1. The van der Waals surface area contributed by atoms with Gasteiger partial charge in [0.15, 0.2) is 0 Å². The highest BCUT2D eigenvalue weighted by molar-refractivity contribution is 6.07. The van der Waals surface area contributed by atoms with Gasteiger partial charge in [0.1, 0.15) is 11.5 Å². The van der Waals surface area contributed by atoms with Gasteiger partial charge in [0.05, 0.1) is 23.9 Å². The number of phenols is 1. The lowest BCUT2D eigenvalue weighted by molar-refractivity contribution is 0.0748. The Hall–Kier alpha value is -4.06. The number of fused-ring (bicyclic) bond motifs is 1. The lowest BCUT2D eigenvalue weighted by Gasteiger charge is -2.36. The van der Waals surface area contributed by atoms with E-state index in [0.717, 1.165) is 46.7 Å². The molecule has 1 fully saturated rings. The number of pyridine rings is 1. The number of anilines is 1. The quantitative estimate of drug-likeness (QED) is 0.504. The molecule has 5 rings (SSSR count). The number of nitrogens with zero attached hydrogens (tertiary/aromatic N) is 3. The van der Waals surface area contributed by atoms with Gasteiger partial charge in [0.25, 0.3) is 5.91 Å². The number of amides is 1. The van der Waals surface area contributed by atoms with Crippen molar-refractivity contribution < 1.29 is 14.6 Å². The average molecular weight is 440 g/mol. The molecule has 1 saturated heterocycles. The van der Waals surface area contributed by atoms with Crippen LogP contribution in [0.1, 0.15) is 10.4 Å². The molecule has 4 aromatic rings. The second-order valence-electron chi connectivity index (χ2n) is 8.10. The monoisotopic (exact) mass is 439 g/mol. The second-order valence-corrected chi connectivity index (χ2v) is 8.10. The Morgan fingerprint density at radius 2 is 1.61 bits per heavy atom. The molecule has 1 N–H and O–H groups in total. The molecule has 0 aliphatic carbocycles. The van der Waals surface area contributed by atoms with Crippen LogP contribution in [-0.2, 0) is 0 Å². The first-order chi connectivity index (χ1) is 16.1. The topological polar surface area (TPSA) is 65.9 Å². The molecule has 0 bridgehead atoms. The fourth-order valence-electron chi connectivity index (χ4n) is 4.26. The van der Waals surface area contributed by atoms with Gasteiger partial charge in [-0.25, -0.2) is 4.98 Å².